The van der Waals surface area contributed by atoms with E-state index in [4.69, 9.17) is 11.6 Å². The molecule has 1 aromatic heterocycles. The number of alkyl halides is 3. The number of aromatic nitrogens is 2. The zero-order valence-electron chi connectivity index (χ0n) is 18.1. The quantitative estimate of drug-likeness (QED) is 0.359. The minimum Gasteiger partial charge on any atom is -0.326 e. The summed E-state index contributed by atoms with van der Waals surface area (Å²) in [6, 6.07) is 9.58. The van der Waals surface area contributed by atoms with Crippen molar-refractivity contribution in [1.82, 2.24) is 15.5 Å². The standard InChI is InChI=1S/C22H21ClF3N5O2S/c1-3-12(2)17(28-20(33)27-16-7-5-4-6-15(16)22(24,25)26)18(32)29-21-31-30-19(34-21)13-8-10-14(23)11-9-13/h4-12,17H,3H2,1-2H3,(H2,27,28,33)(H,29,31,32). The molecule has 3 rings (SSSR count). The molecule has 0 radical (unpaired) electrons. The van der Waals surface area contributed by atoms with Crippen LogP contribution in [-0.2, 0) is 11.0 Å². The molecule has 0 bridgehead atoms. The van der Waals surface area contributed by atoms with Crippen LogP contribution in [0.25, 0.3) is 10.6 Å². The van der Waals surface area contributed by atoms with Crippen molar-refractivity contribution in [2.45, 2.75) is 32.5 Å². The number of rotatable bonds is 7. The highest BCUT2D eigenvalue weighted by Gasteiger charge is 2.34. The summed E-state index contributed by atoms with van der Waals surface area (Å²) in [7, 11) is 0. The van der Waals surface area contributed by atoms with Crippen molar-refractivity contribution < 1.29 is 22.8 Å². The number of anilines is 2. The molecule has 2 atom stereocenters. The van der Waals surface area contributed by atoms with Crippen molar-refractivity contribution in [3.63, 3.8) is 0 Å². The van der Waals surface area contributed by atoms with Gasteiger partial charge in [0.25, 0.3) is 0 Å². The summed E-state index contributed by atoms with van der Waals surface area (Å²) < 4.78 is 39.6. The van der Waals surface area contributed by atoms with Gasteiger partial charge in [-0.3, -0.25) is 10.1 Å². The molecule has 180 valence electrons. The van der Waals surface area contributed by atoms with E-state index in [-0.39, 0.29) is 11.0 Å². The summed E-state index contributed by atoms with van der Waals surface area (Å²) in [6.07, 6.45) is -4.11. The molecular formula is C22H21ClF3N5O2S. The summed E-state index contributed by atoms with van der Waals surface area (Å²) in [4.78, 5) is 25.4. The van der Waals surface area contributed by atoms with Gasteiger partial charge in [-0.15, -0.1) is 10.2 Å². The Balaban J connectivity index is 1.71. The van der Waals surface area contributed by atoms with E-state index in [0.29, 0.717) is 16.5 Å². The molecule has 2 unspecified atom stereocenters. The van der Waals surface area contributed by atoms with Crippen LogP contribution in [0.1, 0.15) is 25.8 Å². The first-order chi connectivity index (χ1) is 16.1. The monoisotopic (exact) mass is 511 g/mol. The summed E-state index contributed by atoms with van der Waals surface area (Å²) in [6.45, 7) is 3.57. The van der Waals surface area contributed by atoms with Gasteiger partial charge in [-0.1, -0.05) is 67.5 Å². The molecule has 0 aliphatic heterocycles. The maximum atomic E-state index is 13.2. The van der Waals surface area contributed by atoms with Crippen LogP contribution < -0.4 is 16.0 Å². The van der Waals surface area contributed by atoms with Gasteiger partial charge in [-0.2, -0.15) is 13.2 Å². The number of benzene rings is 2. The second-order valence-corrected chi connectivity index (χ2v) is 8.83. The summed E-state index contributed by atoms with van der Waals surface area (Å²) >= 11 is 7.02. The van der Waals surface area contributed by atoms with Crippen molar-refractivity contribution in [1.29, 1.82) is 0 Å². The van der Waals surface area contributed by atoms with Gasteiger partial charge in [-0.05, 0) is 30.2 Å². The Bertz CT molecular complexity index is 1150. The molecule has 12 heteroatoms. The van der Waals surface area contributed by atoms with Gasteiger partial charge in [0, 0.05) is 10.6 Å². The Morgan fingerprint density at radius 1 is 1.06 bits per heavy atom. The highest BCUT2D eigenvalue weighted by Crippen LogP contribution is 2.34. The van der Waals surface area contributed by atoms with Gasteiger partial charge in [-0.25, -0.2) is 4.79 Å². The lowest BCUT2D eigenvalue weighted by Gasteiger charge is -2.23. The van der Waals surface area contributed by atoms with E-state index in [0.717, 1.165) is 29.0 Å². The summed E-state index contributed by atoms with van der Waals surface area (Å²) in [5.74, 6) is -0.875. The average molecular weight is 512 g/mol. The number of amides is 3. The Labute approximate surface area is 202 Å². The molecule has 1 heterocycles. The minimum atomic E-state index is -4.64. The molecular weight excluding hydrogens is 491 g/mol. The third kappa shape index (κ3) is 6.45. The van der Waals surface area contributed by atoms with E-state index in [1.54, 1.807) is 31.2 Å². The van der Waals surface area contributed by atoms with Crippen LogP contribution in [0, 0.1) is 5.92 Å². The molecule has 0 aliphatic carbocycles. The van der Waals surface area contributed by atoms with Crippen molar-refractivity contribution in [3.8, 4) is 10.6 Å². The maximum Gasteiger partial charge on any atom is 0.418 e. The number of halogens is 4. The number of nitrogens with one attached hydrogen (secondary N) is 3. The van der Waals surface area contributed by atoms with Gasteiger partial charge in [0.1, 0.15) is 11.0 Å². The summed E-state index contributed by atoms with van der Waals surface area (Å²) in [5.41, 5.74) is -0.632. The zero-order chi connectivity index (χ0) is 24.9. The van der Waals surface area contributed by atoms with E-state index in [2.05, 4.69) is 26.1 Å². The number of para-hydroxylation sites is 1. The second-order valence-electron chi connectivity index (χ2n) is 7.41. The predicted octanol–water partition coefficient (Wildman–Crippen LogP) is 6.05. The second kappa shape index (κ2) is 10.8. The van der Waals surface area contributed by atoms with Crippen molar-refractivity contribution in [2.75, 3.05) is 10.6 Å². The largest absolute Gasteiger partial charge is 0.418 e. The van der Waals surface area contributed by atoms with E-state index < -0.39 is 35.4 Å². The Hall–Kier alpha value is -3.18. The van der Waals surface area contributed by atoms with Crippen molar-refractivity contribution in [2.24, 2.45) is 5.92 Å². The van der Waals surface area contributed by atoms with E-state index >= 15 is 0 Å². The molecule has 2 aromatic carbocycles. The van der Waals surface area contributed by atoms with Crippen molar-refractivity contribution in [3.05, 3.63) is 59.1 Å². The number of hydrogen-bond acceptors (Lipinski definition) is 5. The fraction of sp³-hybridized carbons (Fsp3) is 0.273. The third-order valence-electron chi connectivity index (χ3n) is 5.01. The van der Waals surface area contributed by atoms with E-state index in [9.17, 15) is 22.8 Å². The van der Waals surface area contributed by atoms with Gasteiger partial charge < -0.3 is 10.6 Å². The third-order valence-corrected chi connectivity index (χ3v) is 6.15. The lowest BCUT2D eigenvalue weighted by molar-refractivity contribution is -0.137. The molecule has 3 aromatic rings. The van der Waals surface area contributed by atoms with Crippen LogP contribution in [0.2, 0.25) is 5.02 Å². The molecule has 0 aliphatic rings. The normalized spacial score (nSPS) is 13.1. The number of carbonyl (C=O) groups excluding carboxylic acids is 2. The Morgan fingerprint density at radius 2 is 1.74 bits per heavy atom. The first-order valence-electron chi connectivity index (χ1n) is 10.2. The predicted molar refractivity (Wildman–Crippen MR) is 126 cm³/mol. The fourth-order valence-electron chi connectivity index (χ4n) is 3.01. The highest BCUT2D eigenvalue weighted by atomic mass is 35.5. The van der Waals surface area contributed by atoms with Gasteiger partial charge in [0.15, 0.2) is 0 Å². The first-order valence-corrected chi connectivity index (χ1v) is 11.4. The lowest BCUT2D eigenvalue weighted by Crippen LogP contribution is -2.49. The first kappa shape index (κ1) is 25.4. The topological polar surface area (TPSA) is 96.0 Å². The zero-order valence-corrected chi connectivity index (χ0v) is 19.7. The SMILES string of the molecule is CCC(C)C(NC(=O)Nc1ccccc1C(F)(F)F)C(=O)Nc1nnc(-c2ccc(Cl)cc2)s1. The van der Waals surface area contributed by atoms with Gasteiger partial charge >= 0.3 is 12.2 Å². The van der Waals surface area contributed by atoms with E-state index in [1.165, 1.54) is 12.1 Å². The smallest absolute Gasteiger partial charge is 0.326 e. The molecule has 3 N–H and O–H groups in total. The average Bonchev–Trinajstić information content (AvgIpc) is 3.25. The lowest BCUT2D eigenvalue weighted by atomic mass is 9.98. The molecule has 0 saturated heterocycles. The molecule has 3 amide bonds. The number of carbonyl (C=O) groups is 2. The highest BCUT2D eigenvalue weighted by molar-refractivity contribution is 7.18. The number of urea groups is 1. The molecule has 0 saturated carbocycles. The molecule has 0 spiro atoms. The van der Waals surface area contributed by atoms with Crippen LogP contribution in [0.5, 0.6) is 0 Å². The van der Waals surface area contributed by atoms with Crippen LogP contribution >= 0.6 is 22.9 Å². The Kier molecular flexibility index (Phi) is 8.11. The molecule has 34 heavy (non-hydrogen) atoms. The van der Waals surface area contributed by atoms with Crippen LogP contribution in [0.15, 0.2) is 48.5 Å². The van der Waals surface area contributed by atoms with Gasteiger partial charge in [0.05, 0.1) is 11.3 Å². The number of hydrogen-bond donors (Lipinski definition) is 3. The summed E-state index contributed by atoms with van der Waals surface area (Å²) in [5, 5.41) is 16.6. The van der Waals surface area contributed by atoms with Crippen molar-refractivity contribution >= 4 is 45.7 Å². The van der Waals surface area contributed by atoms with Crippen LogP contribution in [0.3, 0.4) is 0 Å². The molecule has 7 nitrogen and oxygen atoms in total. The number of nitrogens with zero attached hydrogens (tertiary/aromatic N) is 2. The fourth-order valence-corrected chi connectivity index (χ4v) is 3.88. The maximum absolute atomic E-state index is 13.2. The van der Waals surface area contributed by atoms with Gasteiger partial charge in [0.2, 0.25) is 11.0 Å². The van der Waals surface area contributed by atoms with Crippen LogP contribution in [0.4, 0.5) is 28.8 Å². The van der Waals surface area contributed by atoms with Crippen LogP contribution in [-0.4, -0.2) is 28.2 Å². The Morgan fingerprint density at radius 3 is 2.38 bits per heavy atom. The molecule has 0 fully saturated rings. The van der Waals surface area contributed by atoms with E-state index in [1.807, 2.05) is 6.92 Å². The minimum absolute atomic E-state index is 0.216.